The molecule has 2 aliphatic rings. The van der Waals surface area contributed by atoms with E-state index in [1.165, 1.54) is 0 Å². The highest BCUT2D eigenvalue weighted by molar-refractivity contribution is 4.92. The minimum atomic E-state index is -0.504. The van der Waals surface area contributed by atoms with Gasteiger partial charge in [-0.25, -0.2) is 0 Å². The average molecular weight is 339 g/mol. The van der Waals surface area contributed by atoms with Gasteiger partial charge in [-0.2, -0.15) is 0 Å². The van der Waals surface area contributed by atoms with Crippen LogP contribution in [0.15, 0.2) is 5.11 Å². The Bertz CT molecular complexity index is 468. The van der Waals surface area contributed by atoms with Gasteiger partial charge >= 0.3 is 0 Å². The minimum Gasteiger partial charge on any atom is -0.373 e. The van der Waals surface area contributed by atoms with Gasteiger partial charge in [0.15, 0.2) is 6.29 Å². The van der Waals surface area contributed by atoms with Crippen molar-refractivity contribution < 1.29 is 14.2 Å². The van der Waals surface area contributed by atoms with Gasteiger partial charge in [-0.3, -0.25) is 0 Å². The minimum absolute atomic E-state index is 0.00347. The first-order valence-corrected chi connectivity index (χ1v) is 9.32. The van der Waals surface area contributed by atoms with E-state index in [4.69, 9.17) is 19.7 Å². The molecule has 2 heterocycles. The molecule has 0 amide bonds. The fourth-order valence-corrected chi connectivity index (χ4v) is 4.16. The molecule has 24 heavy (non-hydrogen) atoms. The molecule has 138 valence electrons. The first-order valence-electron chi connectivity index (χ1n) is 9.32. The lowest BCUT2D eigenvalue weighted by Gasteiger charge is -2.48. The highest BCUT2D eigenvalue weighted by Gasteiger charge is 2.45. The van der Waals surface area contributed by atoms with E-state index in [9.17, 15) is 0 Å². The van der Waals surface area contributed by atoms with Gasteiger partial charge in [0.2, 0.25) is 0 Å². The van der Waals surface area contributed by atoms with Crippen LogP contribution in [0.25, 0.3) is 10.4 Å². The van der Waals surface area contributed by atoms with E-state index in [-0.39, 0.29) is 36.4 Å². The number of hydrogen-bond donors (Lipinski definition) is 0. The molecule has 2 aliphatic heterocycles. The summed E-state index contributed by atoms with van der Waals surface area (Å²) in [4.78, 5) is 3.04. The van der Waals surface area contributed by atoms with Crippen molar-refractivity contribution >= 4 is 0 Å². The van der Waals surface area contributed by atoms with Gasteiger partial charge in [-0.15, -0.1) is 0 Å². The van der Waals surface area contributed by atoms with Gasteiger partial charge in [0.05, 0.1) is 30.5 Å². The molecule has 0 saturated carbocycles. The largest absolute Gasteiger partial charge is 0.373 e. The summed E-state index contributed by atoms with van der Waals surface area (Å²) < 4.78 is 18.6. The predicted molar refractivity (Wildman–Crippen MR) is 93.4 cm³/mol. The Morgan fingerprint density at radius 2 is 1.58 bits per heavy atom. The normalized spacial score (nSPS) is 49.5. The zero-order valence-electron chi connectivity index (χ0n) is 16.0. The third-order valence-electron chi connectivity index (χ3n) is 6.40. The van der Waals surface area contributed by atoms with Crippen LogP contribution in [0.2, 0.25) is 0 Å². The van der Waals surface area contributed by atoms with E-state index in [0.29, 0.717) is 17.8 Å². The predicted octanol–water partition coefficient (Wildman–Crippen LogP) is 4.54. The fourth-order valence-electron chi connectivity index (χ4n) is 4.16. The summed E-state index contributed by atoms with van der Waals surface area (Å²) in [6.07, 6.45) is 0.704. The maximum absolute atomic E-state index is 8.97. The molecular formula is C18H33N3O3. The van der Waals surface area contributed by atoms with E-state index in [1.54, 1.807) is 0 Å². The van der Waals surface area contributed by atoms with Crippen molar-refractivity contribution in [1.29, 1.82) is 0 Å². The molecule has 2 rings (SSSR count). The van der Waals surface area contributed by atoms with Crippen LogP contribution in [-0.4, -0.2) is 36.7 Å². The van der Waals surface area contributed by atoms with E-state index >= 15 is 0 Å². The van der Waals surface area contributed by atoms with Crippen molar-refractivity contribution in [1.82, 2.24) is 0 Å². The Balaban J connectivity index is 2.19. The Morgan fingerprint density at radius 1 is 0.917 bits per heavy atom. The fraction of sp³-hybridized carbons (Fsp3) is 1.00. The number of hydrogen-bond acceptors (Lipinski definition) is 4. The molecule has 0 radical (unpaired) electrons. The van der Waals surface area contributed by atoms with Gasteiger partial charge in [-0.1, -0.05) is 39.7 Å². The standard InChI is InChI=1S/C18H33N3O3/c1-8-15-10(3)11(4)16(20-21-19)18(23-15)24-17-12(5)9(2)13(6)22-14(17)7/h9-18H,8H2,1-7H3. The second-order valence-corrected chi connectivity index (χ2v) is 7.73. The Kier molecular flexibility index (Phi) is 6.54. The number of rotatable bonds is 4. The molecule has 6 heteroatoms. The smallest absolute Gasteiger partial charge is 0.167 e. The van der Waals surface area contributed by atoms with Crippen molar-refractivity contribution in [3.05, 3.63) is 10.4 Å². The second-order valence-electron chi connectivity index (χ2n) is 7.73. The lowest BCUT2D eigenvalue weighted by molar-refractivity contribution is -0.285. The van der Waals surface area contributed by atoms with Gasteiger partial charge in [-0.05, 0) is 49.5 Å². The Morgan fingerprint density at radius 3 is 2.17 bits per heavy atom. The van der Waals surface area contributed by atoms with E-state index < -0.39 is 6.29 Å². The number of azide groups is 1. The Hall–Kier alpha value is -0.810. The number of nitrogens with zero attached hydrogens (tertiary/aromatic N) is 3. The molecule has 0 aromatic carbocycles. The highest BCUT2D eigenvalue weighted by atomic mass is 16.7. The summed E-state index contributed by atoms with van der Waals surface area (Å²) in [6, 6.07) is -0.304. The Labute approximate surface area is 145 Å². The van der Waals surface area contributed by atoms with Gasteiger partial charge in [0, 0.05) is 4.91 Å². The van der Waals surface area contributed by atoms with Gasteiger partial charge in [0.1, 0.15) is 0 Å². The maximum Gasteiger partial charge on any atom is 0.167 e. The summed E-state index contributed by atoms with van der Waals surface area (Å²) in [7, 11) is 0. The molecule has 0 aliphatic carbocycles. The summed E-state index contributed by atoms with van der Waals surface area (Å²) in [5.41, 5.74) is 8.97. The quantitative estimate of drug-likeness (QED) is 0.429. The van der Waals surface area contributed by atoms with E-state index in [0.717, 1.165) is 6.42 Å². The van der Waals surface area contributed by atoms with Crippen LogP contribution in [0, 0.1) is 23.7 Å². The zero-order chi connectivity index (χ0) is 18.0. The first kappa shape index (κ1) is 19.5. The summed E-state index contributed by atoms with van der Waals surface area (Å²) >= 11 is 0. The molecule has 0 spiro atoms. The molecule has 10 unspecified atom stereocenters. The summed E-state index contributed by atoms with van der Waals surface area (Å²) in [6.45, 7) is 15.0. The van der Waals surface area contributed by atoms with Crippen LogP contribution in [0.1, 0.15) is 54.9 Å². The molecule has 0 aromatic rings. The molecule has 6 nitrogen and oxygen atoms in total. The molecule has 2 saturated heterocycles. The molecule has 0 bridgehead atoms. The van der Waals surface area contributed by atoms with E-state index in [2.05, 4.69) is 58.5 Å². The maximum atomic E-state index is 8.97. The first-order chi connectivity index (χ1) is 11.3. The van der Waals surface area contributed by atoms with Crippen molar-refractivity contribution in [2.24, 2.45) is 28.8 Å². The third-order valence-corrected chi connectivity index (χ3v) is 6.40. The van der Waals surface area contributed by atoms with Crippen molar-refractivity contribution in [3.63, 3.8) is 0 Å². The monoisotopic (exact) mass is 339 g/mol. The van der Waals surface area contributed by atoms with Crippen molar-refractivity contribution in [2.75, 3.05) is 0 Å². The SMILES string of the molecule is CCC1OC(OC2C(C)OC(C)C(C)C2C)C(N=[N+]=[N-])C(C)C1C. The summed E-state index contributed by atoms with van der Waals surface area (Å²) in [5, 5.41) is 4.00. The molecule has 10 atom stereocenters. The van der Waals surface area contributed by atoms with Crippen molar-refractivity contribution in [2.45, 2.75) is 91.6 Å². The number of ether oxygens (including phenoxy) is 3. The summed E-state index contributed by atoms with van der Waals surface area (Å²) in [5.74, 6) is 1.32. The van der Waals surface area contributed by atoms with Crippen LogP contribution < -0.4 is 0 Å². The third kappa shape index (κ3) is 3.72. The average Bonchev–Trinajstić information content (AvgIpc) is 2.55. The van der Waals surface area contributed by atoms with E-state index in [1.807, 2.05) is 0 Å². The molecular weight excluding hydrogens is 306 g/mol. The molecule has 0 N–H and O–H groups in total. The molecule has 0 aromatic heterocycles. The van der Waals surface area contributed by atoms with Crippen molar-refractivity contribution in [3.8, 4) is 0 Å². The van der Waals surface area contributed by atoms with Gasteiger partial charge in [0.25, 0.3) is 0 Å². The lowest BCUT2D eigenvalue weighted by Crippen LogP contribution is -2.55. The highest BCUT2D eigenvalue weighted by Crippen LogP contribution is 2.38. The van der Waals surface area contributed by atoms with Crippen LogP contribution in [0.3, 0.4) is 0 Å². The molecule has 2 fully saturated rings. The topological polar surface area (TPSA) is 76.5 Å². The van der Waals surface area contributed by atoms with Gasteiger partial charge < -0.3 is 14.2 Å². The van der Waals surface area contributed by atoms with Crippen LogP contribution >= 0.6 is 0 Å². The second kappa shape index (κ2) is 8.05. The van der Waals surface area contributed by atoms with Crippen LogP contribution in [0.4, 0.5) is 0 Å². The van der Waals surface area contributed by atoms with Crippen LogP contribution in [-0.2, 0) is 14.2 Å². The van der Waals surface area contributed by atoms with Crippen LogP contribution in [0.5, 0.6) is 0 Å². The zero-order valence-corrected chi connectivity index (χ0v) is 16.0. The lowest BCUT2D eigenvalue weighted by atomic mass is 9.80.